The molecule has 0 saturated heterocycles. The van der Waals surface area contributed by atoms with Crippen LogP contribution in [0.4, 0.5) is 0 Å². The third-order valence-electron chi connectivity index (χ3n) is 3.91. The van der Waals surface area contributed by atoms with Crippen LogP contribution in [0.1, 0.15) is 44.9 Å². The van der Waals surface area contributed by atoms with Gasteiger partial charge in [0, 0.05) is 18.8 Å². The monoisotopic (exact) mass is 245 g/mol. The van der Waals surface area contributed by atoms with Crippen LogP contribution < -0.4 is 5.32 Å². The lowest BCUT2D eigenvalue weighted by atomic mass is 9.86. The highest BCUT2D eigenvalue weighted by Gasteiger charge is 2.32. The Bertz CT molecular complexity index is 316. The van der Waals surface area contributed by atoms with E-state index < -0.39 is 9.84 Å². The van der Waals surface area contributed by atoms with Crippen LogP contribution in [0.5, 0.6) is 0 Å². The Hall–Kier alpha value is -0.0900. The second kappa shape index (κ2) is 5.05. The predicted octanol–water partition coefficient (Wildman–Crippen LogP) is 1.73. The van der Waals surface area contributed by atoms with Crippen molar-refractivity contribution in [1.29, 1.82) is 0 Å². The van der Waals surface area contributed by atoms with Crippen molar-refractivity contribution in [2.45, 2.75) is 56.2 Å². The molecule has 2 aliphatic carbocycles. The molecule has 0 amide bonds. The van der Waals surface area contributed by atoms with Crippen LogP contribution >= 0.6 is 0 Å². The van der Waals surface area contributed by atoms with Crippen molar-refractivity contribution in [1.82, 2.24) is 5.32 Å². The molecule has 2 fully saturated rings. The number of hydrogen-bond donors (Lipinski definition) is 1. The standard InChI is InChI=1S/C12H23NO2S/c1-16(14,15)12(9-13-11-7-8-11)10-5-3-2-4-6-10/h10-13H,2-9H2,1H3. The molecule has 16 heavy (non-hydrogen) atoms. The summed E-state index contributed by atoms with van der Waals surface area (Å²) in [5, 5.41) is 3.24. The summed E-state index contributed by atoms with van der Waals surface area (Å²) in [5.74, 6) is 0.398. The van der Waals surface area contributed by atoms with Gasteiger partial charge < -0.3 is 5.32 Å². The van der Waals surface area contributed by atoms with Gasteiger partial charge in [-0.05, 0) is 31.6 Å². The van der Waals surface area contributed by atoms with Gasteiger partial charge in [0.05, 0.1) is 5.25 Å². The molecular formula is C12H23NO2S. The molecule has 2 aliphatic rings. The molecule has 0 heterocycles. The second-order valence-corrected chi connectivity index (χ2v) is 7.71. The van der Waals surface area contributed by atoms with Crippen LogP contribution in [0.25, 0.3) is 0 Å². The van der Waals surface area contributed by atoms with Crippen LogP contribution in [0.15, 0.2) is 0 Å². The first kappa shape index (κ1) is 12.4. The molecule has 0 bridgehead atoms. The van der Waals surface area contributed by atoms with Gasteiger partial charge in [0.25, 0.3) is 0 Å². The Labute approximate surface area is 98.9 Å². The van der Waals surface area contributed by atoms with Crippen molar-refractivity contribution in [3.05, 3.63) is 0 Å². The van der Waals surface area contributed by atoms with Gasteiger partial charge in [-0.1, -0.05) is 19.3 Å². The maximum Gasteiger partial charge on any atom is 0.151 e. The van der Waals surface area contributed by atoms with Crippen molar-refractivity contribution in [3.8, 4) is 0 Å². The molecule has 2 saturated carbocycles. The van der Waals surface area contributed by atoms with E-state index in [1.807, 2.05) is 0 Å². The zero-order chi connectivity index (χ0) is 11.6. The zero-order valence-corrected chi connectivity index (χ0v) is 10.9. The van der Waals surface area contributed by atoms with Gasteiger partial charge in [0.15, 0.2) is 9.84 Å². The summed E-state index contributed by atoms with van der Waals surface area (Å²) < 4.78 is 23.6. The lowest BCUT2D eigenvalue weighted by Crippen LogP contribution is -2.40. The highest BCUT2D eigenvalue weighted by molar-refractivity contribution is 7.91. The molecule has 0 aliphatic heterocycles. The molecule has 1 N–H and O–H groups in total. The number of hydrogen-bond acceptors (Lipinski definition) is 3. The van der Waals surface area contributed by atoms with Gasteiger partial charge in [-0.25, -0.2) is 8.42 Å². The first-order valence-corrected chi connectivity index (χ1v) is 8.45. The highest BCUT2D eigenvalue weighted by Crippen LogP contribution is 2.30. The molecule has 3 nitrogen and oxygen atoms in total. The number of nitrogens with one attached hydrogen (secondary N) is 1. The Morgan fingerprint density at radius 2 is 1.75 bits per heavy atom. The normalized spacial score (nSPS) is 25.6. The lowest BCUT2D eigenvalue weighted by molar-refractivity contribution is 0.334. The van der Waals surface area contributed by atoms with E-state index >= 15 is 0 Å². The van der Waals surface area contributed by atoms with Crippen LogP contribution in [0.2, 0.25) is 0 Å². The largest absolute Gasteiger partial charge is 0.313 e. The fraction of sp³-hybridized carbons (Fsp3) is 1.00. The van der Waals surface area contributed by atoms with E-state index in [1.54, 1.807) is 0 Å². The van der Waals surface area contributed by atoms with E-state index in [9.17, 15) is 8.42 Å². The highest BCUT2D eigenvalue weighted by atomic mass is 32.2. The minimum atomic E-state index is -2.89. The summed E-state index contributed by atoms with van der Waals surface area (Å²) in [6.45, 7) is 0.675. The van der Waals surface area contributed by atoms with Gasteiger partial charge in [-0.3, -0.25) is 0 Å². The predicted molar refractivity (Wildman–Crippen MR) is 66.2 cm³/mol. The minimum Gasteiger partial charge on any atom is -0.313 e. The molecule has 0 radical (unpaired) electrons. The van der Waals surface area contributed by atoms with E-state index in [4.69, 9.17) is 0 Å². The van der Waals surface area contributed by atoms with E-state index in [0.717, 1.165) is 12.8 Å². The van der Waals surface area contributed by atoms with Gasteiger partial charge >= 0.3 is 0 Å². The number of sulfone groups is 1. The van der Waals surface area contributed by atoms with Gasteiger partial charge in [0.2, 0.25) is 0 Å². The quantitative estimate of drug-likeness (QED) is 0.802. The second-order valence-electron chi connectivity index (χ2n) is 5.45. The summed E-state index contributed by atoms with van der Waals surface area (Å²) in [4.78, 5) is 0. The molecule has 0 aromatic rings. The van der Waals surface area contributed by atoms with Crippen LogP contribution in [-0.4, -0.2) is 32.5 Å². The molecule has 0 spiro atoms. The fourth-order valence-corrected chi connectivity index (χ4v) is 4.11. The van der Waals surface area contributed by atoms with E-state index in [2.05, 4.69) is 5.32 Å². The molecule has 2 rings (SSSR count). The van der Waals surface area contributed by atoms with Crippen molar-refractivity contribution in [2.75, 3.05) is 12.8 Å². The van der Waals surface area contributed by atoms with Crippen LogP contribution in [0, 0.1) is 5.92 Å². The van der Waals surface area contributed by atoms with Gasteiger partial charge in [-0.2, -0.15) is 0 Å². The summed E-state index contributed by atoms with van der Waals surface area (Å²) in [5.41, 5.74) is 0. The smallest absolute Gasteiger partial charge is 0.151 e. The minimum absolute atomic E-state index is 0.145. The van der Waals surface area contributed by atoms with Crippen LogP contribution in [-0.2, 0) is 9.84 Å². The molecule has 0 aromatic carbocycles. The topological polar surface area (TPSA) is 46.2 Å². The van der Waals surface area contributed by atoms with Crippen molar-refractivity contribution in [2.24, 2.45) is 5.92 Å². The molecule has 94 valence electrons. The average Bonchev–Trinajstić information content (AvgIpc) is 3.01. The average molecular weight is 245 g/mol. The summed E-state index contributed by atoms with van der Waals surface area (Å²) in [6, 6.07) is 0.604. The first-order valence-electron chi connectivity index (χ1n) is 6.49. The third-order valence-corrected chi connectivity index (χ3v) is 5.56. The first-order chi connectivity index (χ1) is 7.57. The maximum atomic E-state index is 11.8. The van der Waals surface area contributed by atoms with E-state index in [0.29, 0.717) is 18.5 Å². The zero-order valence-electron chi connectivity index (χ0n) is 10.1. The van der Waals surface area contributed by atoms with Crippen molar-refractivity contribution < 1.29 is 8.42 Å². The maximum absolute atomic E-state index is 11.8. The summed E-state index contributed by atoms with van der Waals surface area (Å²) in [6.07, 6.45) is 9.75. The molecule has 4 heteroatoms. The lowest BCUT2D eigenvalue weighted by Gasteiger charge is -2.29. The van der Waals surface area contributed by atoms with Gasteiger partial charge in [-0.15, -0.1) is 0 Å². The Balaban J connectivity index is 1.94. The molecular weight excluding hydrogens is 222 g/mol. The third kappa shape index (κ3) is 3.45. The van der Waals surface area contributed by atoms with Crippen molar-refractivity contribution in [3.63, 3.8) is 0 Å². The molecule has 0 aromatic heterocycles. The fourth-order valence-electron chi connectivity index (χ4n) is 2.74. The summed E-state index contributed by atoms with van der Waals surface area (Å²) >= 11 is 0. The Morgan fingerprint density at radius 3 is 2.25 bits per heavy atom. The SMILES string of the molecule is CS(=O)(=O)C(CNC1CC1)C1CCCCC1. The van der Waals surface area contributed by atoms with Crippen LogP contribution in [0.3, 0.4) is 0 Å². The van der Waals surface area contributed by atoms with E-state index in [-0.39, 0.29) is 5.25 Å². The van der Waals surface area contributed by atoms with E-state index in [1.165, 1.54) is 38.4 Å². The molecule has 1 unspecified atom stereocenters. The van der Waals surface area contributed by atoms with Gasteiger partial charge in [0.1, 0.15) is 0 Å². The Morgan fingerprint density at radius 1 is 1.12 bits per heavy atom. The number of rotatable bonds is 5. The van der Waals surface area contributed by atoms with Crippen molar-refractivity contribution >= 4 is 9.84 Å². The summed E-state index contributed by atoms with van der Waals surface area (Å²) in [7, 11) is -2.89. The Kier molecular flexibility index (Phi) is 3.90. The molecule has 1 atom stereocenters.